The summed E-state index contributed by atoms with van der Waals surface area (Å²) in [5.41, 5.74) is 1.98. The predicted molar refractivity (Wildman–Crippen MR) is 70.8 cm³/mol. The fourth-order valence-corrected chi connectivity index (χ4v) is 2.32. The van der Waals surface area contributed by atoms with Crippen molar-refractivity contribution in [1.82, 2.24) is 0 Å². The summed E-state index contributed by atoms with van der Waals surface area (Å²) in [4.78, 5) is 2.68. The Morgan fingerprint density at radius 3 is 2.88 bits per heavy atom. The lowest BCUT2D eigenvalue weighted by atomic mass is 10.2. The third-order valence-corrected chi connectivity index (χ3v) is 3.29. The standard InChI is InChI=1S/C14H13NS/c1-3-12-5-4-6-13(9-12)15-10-14-8-7-11(2)16-14/h1,4-9,15H,10H2,2H3. The molecule has 2 heteroatoms. The number of hydrogen-bond donors (Lipinski definition) is 1. The molecule has 0 saturated heterocycles. The van der Waals surface area contributed by atoms with Gasteiger partial charge >= 0.3 is 0 Å². The highest BCUT2D eigenvalue weighted by Crippen LogP contribution is 2.17. The first-order valence-electron chi connectivity index (χ1n) is 5.14. The van der Waals surface area contributed by atoms with Gasteiger partial charge in [-0.3, -0.25) is 0 Å². The van der Waals surface area contributed by atoms with Gasteiger partial charge in [-0.1, -0.05) is 12.0 Å². The Morgan fingerprint density at radius 1 is 1.31 bits per heavy atom. The van der Waals surface area contributed by atoms with Crippen LogP contribution in [0.2, 0.25) is 0 Å². The summed E-state index contributed by atoms with van der Waals surface area (Å²) in [6.45, 7) is 2.97. The molecule has 0 aliphatic carbocycles. The molecule has 0 amide bonds. The summed E-state index contributed by atoms with van der Waals surface area (Å²) < 4.78 is 0. The maximum atomic E-state index is 5.35. The minimum absolute atomic E-state index is 0.854. The molecule has 16 heavy (non-hydrogen) atoms. The number of benzene rings is 1. The van der Waals surface area contributed by atoms with Crippen molar-refractivity contribution in [2.75, 3.05) is 5.32 Å². The quantitative estimate of drug-likeness (QED) is 0.789. The van der Waals surface area contributed by atoms with Gasteiger partial charge in [0, 0.05) is 27.5 Å². The smallest absolute Gasteiger partial charge is 0.0494 e. The molecule has 2 aromatic rings. The highest BCUT2D eigenvalue weighted by molar-refractivity contribution is 7.11. The molecule has 1 heterocycles. The van der Waals surface area contributed by atoms with Gasteiger partial charge in [0.25, 0.3) is 0 Å². The predicted octanol–water partition coefficient (Wildman–Crippen LogP) is 3.65. The third-order valence-electron chi connectivity index (χ3n) is 2.29. The lowest BCUT2D eigenvalue weighted by Crippen LogP contribution is -1.97. The van der Waals surface area contributed by atoms with Crippen molar-refractivity contribution in [1.29, 1.82) is 0 Å². The normalized spacial score (nSPS) is 9.75. The average molecular weight is 227 g/mol. The van der Waals surface area contributed by atoms with Crippen LogP contribution < -0.4 is 5.32 Å². The van der Waals surface area contributed by atoms with E-state index < -0.39 is 0 Å². The molecule has 0 bridgehead atoms. The minimum atomic E-state index is 0.854. The second-order valence-corrected chi connectivity index (χ2v) is 4.96. The molecule has 0 radical (unpaired) electrons. The summed E-state index contributed by atoms with van der Waals surface area (Å²) in [5.74, 6) is 2.63. The average Bonchev–Trinajstić information content (AvgIpc) is 2.73. The van der Waals surface area contributed by atoms with Gasteiger partial charge in [-0.05, 0) is 37.3 Å². The van der Waals surface area contributed by atoms with E-state index in [2.05, 4.69) is 30.3 Å². The largest absolute Gasteiger partial charge is 0.380 e. The molecule has 0 fully saturated rings. The summed E-state index contributed by atoms with van der Waals surface area (Å²) in [6.07, 6.45) is 5.35. The lowest BCUT2D eigenvalue weighted by Gasteiger charge is -2.04. The zero-order chi connectivity index (χ0) is 11.4. The maximum Gasteiger partial charge on any atom is 0.0494 e. The van der Waals surface area contributed by atoms with Crippen molar-refractivity contribution in [2.45, 2.75) is 13.5 Å². The van der Waals surface area contributed by atoms with E-state index in [9.17, 15) is 0 Å². The first kappa shape index (κ1) is 10.8. The molecule has 1 N–H and O–H groups in total. The van der Waals surface area contributed by atoms with Gasteiger partial charge in [0.1, 0.15) is 0 Å². The number of rotatable bonds is 3. The molecule has 0 spiro atoms. The van der Waals surface area contributed by atoms with Crippen molar-refractivity contribution in [3.63, 3.8) is 0 Å². The molecule has 0 atom stereocenters. The molecular formula is C14H13NS. The fourth-order valence-electron chi connectivity index (χ4n) is 1.49. The number of terminal acetylenes is 1. The van der Waals surface area contributed by atoms with Crippen molar-refractivity contribution in [3.05, 3.63) is 51.7 Å². The second-order valence-electron chi connectivity index (χ2n) is 3.59. The lowest BCUT2D eigenvalue weighted by molar-refractivity contribution is 1.19. The van der Waals surface area contributed by atoms with Crippen LogP contribution in [0.15, 0.2) is 36.4 Å². The molecule has 0 aliphatic rings. The van der Waals surface area contributed by atoms with E-state index in [0.29, 0.717) is 0 Å². The van der Waals surface area contributed by atoms with Gasteiger partial charge in [0.2, 0.25) is 0 Å². The number of hydrogen-bond acceptors (Lipinski definition) is 2. The van der Waals surface area contributed by atoms with Gasteiger partial charge in [-0.2, -0.15) is 0 Å². The van der Waals surface area contributed by atoms with Gasteiger partial charge < -0.3 is 5.32 Å². The van der Waals surface area contributed by atoms with E-state index in [1.165, 1.54) is 9.75 Å². The minimum Gasteiger partial charge on any atom is -0.380 e. The molecule has 1 aromatic carbocycles. The van der Waals surface area contributed by atoms with Crippen LogP contribution in [-0.2, 0) is 6.54 Å². The molecule has 80 valence electrons. The second kappa shape index (κ2) is 4.87. The Morgan fingerprint density at radius 2 is 2.19 bits per heavy atom. The van der Waals surface area contributed by atoms with Crippen LogP contribution in [0.5, 0.6) is 0 Å². The van der Waals surface area contributed by atoms with Crippen molar-refractivity contribution in [2.24, 2.45) is 0 Å². The molecule has 0 unspecified atom stereocenters. The Kier molecular flexibility index (Phi) is 3.28. The topological polar surface area (TPSA) is 12.0 Å². The van der Waals surface area contributed by atoms with Gasteiger partial charge in [0.05, 0.1) is 0 Å². The van der Waals surface area contributed by atoms with Crippen molar-refractivity contribution < 1.29 is 0 Å². The van der Waals surface area contributed by atoms with E-state index in [4.69, 9.17) is 6.42 Å². The molecular weight excluding hydrogens is 214 g/mol. The maximum absolute atomic E-state index is 5.35. The molecule has 2 rings (SSSR count). The van der Waals surface area contributed by atoms with Crippen LogP contribution in [0.4, 0.5) is 5.69 Å². The van der Waals surface area contributed by atoms with E-state index in [1.54, 1.807) is 0 Å². The van der Waals surface area contributed by atoms with Crippen LogP contribution in [0.25, 0.3) is 0 Å². The highest BCUT2D eigenvalue weighted by atomic mass is 32.1. The first-order valence-corrected chi connectivity index (χ1v) is 5.95. The van der Waals surface area contributed by atoms with E-state index in [0.717, 1.165) is 17.8 Å². The summed E-state index contributed by atoms with van der Waals surface area (Å²) in [7, 11) is 0. The van der Waals surface area contributed by atoms with E-state index >= 15 is 0 Å². The number of aryl methyl sites for hydroxylation is 1. The van der Waals surface area contributed by atoms with Crippen molar-refractivity contribution >= 4 is 17.0 Å². The summed E-state index contributed by atoms with van der Waals surface area (Å²) in [6, 6.07) is 12.2. The van der Waals surface area contributed by atoms with E-state index in [1.807, 2.05) is 35.6 Å². The zero-order valence-electron chi connectivity index (χ0n) is 9.16. The Labute approximate surface area is 100 Å². The SMILES string of the molecule is C#Cc1cccc(NCc2ccc(C)s2)c1. The summed E-state index contributed by atoms with van der Waals surface area (Å²) >= 11 is 1.81. The zero-order valence-corrected chi connectivity index (χ0v) is 9.97. The van der Waals surface area contributed by atoms with Crippen LogP contribution >= 0.6 is 11.3 Å². The highest BCUT2D eigenvalue weighted by Gasteiger charge is 1.97. The number of nitrogens with one attached hydrogen (secondary N) is 1. The molecule has 0 saturated carbocycles. The number of anilines is 1. The van der Waals surface area contributed by atoms with Crippen LogP contribution in [-0.4, -0.2) is 0 Å². The fraction of sp³-hybridized carbons (Fsp3) is 0.143. The van der Waals surface area contributed by atoms with Crippen molar-refractivity contribution in [3.8, 4) is 12.3 Å². The first-order chi connectivity index (χ1) is 7.78. The Bertz CT molecular complexity index is 520. The Hall–Kier alpha value is -1.72. The molecule has 1 nitrogen and oxygen atoms in total. The van der Waals surface area contributed by atoms with Crippen LogP contribution in [0, 0.1) is 19.3 Å². The molecule has 1 aromatic heterocycles. The van der Waals surface area contributed by atoms with Gasteiger partial charge in [-0.25, -0.2) is 0 Å². The van der Waals surface area contributed by atoms with Gasteiger partial charge in [-0.15, -0.1) is 17.8 Å². The third kappa shape index (κ3) is 2.65. The summed E-state index contributed by atoms with van der Waals surface area (Å²) in [5, 5.41) is 3.36. The van der Waals surface area contributed by atoms with E-state index in [-0.39, 0.29) is 0 Å². The van der Waals surface area contributed by atoms with Crippen LogP contribution in [0.1, 0.15) is 15.3 Å². The molecule has 0 aliphatic heterocycles. The number of thiophene rings is 1. The van der Waals surface area contributed by atoms with Crippen LogP contribution in [0.3, 0.4) is 0 Å². The Balaban J connectivity index is 2.02. The van der Waals surface area contributed by atoms with Gasteiger partial charge in [0.15, 0.2) is 0 Å². The monoisotopic (exact) mass is 227 g/mol.